The van der Waals surface area contributed by atoms with Crippen LogP contribution in [-0.2, 0) is 9.53 Å². The highest BCUT2D eigenvalue weighted by atomic mass is 16.5. The van der Waals surface area contributed by atoms with Gasteiger partial charge in [-0.15, -0.1) is 0 Å². The highest BCUT2D eigenvalue weighted by Crippen LogP contribution is 2.08. The van der Waals surface area contributed by atoms with Gasteiger partial charge >= 0.3 is 5.97 Å². The van der Waals surface area contributed by atoms with E-state index < -0.39 is 0 Å². The van der Waals surface area contributed by atoms with E-state index in [4.69, 9.17) is 4.74 Å². The number of rotatable bonds is 11. The molecule has 0 rings (SSSR count). The van der Waals surface area contributed by atoms with Gasteiger partial charge in [-0.05, 0) is 19.3 Å². The second-order valence-corrected chi connectivity index (χ2v) is 4.27. The van der Waals surface area contributed by atoms with Crippen LogP contribution in [0, 0.1) is 0 Å². The number of unbranched alkanes of at least 4 members (excludes halogenated alkanes) is 7. The summed E-state index contributed by atoms with van der Waals surface area (Å²) in [5, 5.41) is 0. The quantitative estimate of drug-likeness (QED) is 0.303. The van der Waals surface area contributed by atoms with E-state index in [0.29, 0.717) is 6.61 Å². The molecule has 0 saturated heterocycles. The Bertz CT molecular complexity index is 219. The zero-order valence-electron chi connectivity index (χ0n) is 11.1. The number of carbonyl (C=O) groups excluding carboxylic acids is 1. The van der Waals surface area contributed by atoms with Crippen LogP contribution >= 0.6 is 0 Å². The molecule has 0 bridgehead atoms. The molecule has 0 aromatic carbocycles. The van der Waals surface area contributed by atoms with E-state index in [1.807, 2.05) is 12.2 Å². The predicted molar refractivity (Wildman–Crippen MR) is 72.9 cm³/mol. The van der Waals surface area contributed by atoms with Gasteiger partial charge in [0.1, 0.15) is 0 Å². The van der Waals surface area contributed by atoms with Crippen LogP contribution in [0.4, 0.5) is 0 Å². The standard InChI is InChI=1S/C15H26O2/c1-3-4-5-6-7-8-9-10-11-12-13-14-17-15(2)16/h3-5H,1,6-14H2,2H3. The molecule has 98 valence electrons. The van der Waals surface area contributed by atoms with Crippen LogP contribution in [0.15, 0.2) is 24.8 Å². The van der Waals surface area contributed by atoms with Crippen molar-refractivity contribution in [3.05, 3.63) is 24.8 Å². The molecule has 0 N–H and O–H groups in total. The summed E-state index contributed by atoms with van der Waals surface area (Å²) in [6.45, 7) is 5.68. The first-order valence-corrected chi connectivity index (χ1v) is 6.68. The van der Waals surface area contributed by atoms with Crippen molar-refractivity contribution >= 4 is 5.97 Å². The zero-order valence-corrected chi connectivity index (χ0v) is 11.1. The molecule has 2 heteroatoms. The molecule has 2 nitrogen and oxygen atoms in total. The number of allylic oxidation sites excluding steroid dienone is 3. The molecule has 0 aromatic heterocycles. The Hall–Kier alpha value is -1.05. The Morgan fingerprint density at radius 2 is 1.65 bits per heavy atom. The summed E-state index contributed by atoms with van der Waals surface area (Å²) in [7, 11) is 0. The summed E-state index contributed by atoms with van der Waals surface area (Å²) in [6.07, 6.45) is 15.8. The third-order valence-corrected chi connectivity index (χ3v) is 2.59. The van der Waals surface area contributed by atoms with Crippen LogP contribution in [0.25, 0.3) is 0 Å². The van der Waals surface area contributed by atoms with Crippen molar-refractivity contribution in [2.75, 3.05) is 6.61 Å². The van der Waals surface area contributed by atoms with Gasteiger partial charge in [0.2, 0.25) is 0 Å². The summed E-state index contributed by atoms with van der Waals surface area (Å²) in [6, 6.07) is 0. The first-order valence-electron chi connectivity index (χ1n) is 6.68. The molecule has 0 saturated carbocycles. The summed E-state index contributed by atoms with van der Waals surface area (Å²) in [5.74, 6) is -0.169. The minimum Gasteiger partial charge on any atom is -0.466 e. The average Bonchev–Trinajstić information content (AvgIpc) is 2.30. The number of hydrogen-bond acceptors (Lipinski definition) is 2. The van der Waals surface area contributed by atoms with E-state index in [9.17, 15) is 4.79 Å². The fourth-order valence-electron chi connectivity index (χ4n) is 1.66. The molecule has 0 heterocycles. The minimum atomic E-state index is -0.169. The smallest absolute Gasteiger partial charge is 0.302 e. The van der Waals surface area contributed by atoms with Gasteiger partial charge in [0.05, 0.1) is 6.61 Å². The molecule has 0 unspecified atom stereocenters. The van der Waals surface area contributed by atoms with Crippen molar-refractivity contribution < 1.29 is 9.53 Å². The summed E-state index contributed by atoms with van der Waals surface area (Å²) < 4.78 is 4.87. The number of ether oxygens (including phenoxy) is 1. The normalized spacial score (nSPS) is 10.6. The van der Waals surface area contributed by atoms with Gasteiger partial charge in [0.25, 0.3) is 0 Å². The van der Waals surface area contributed by atoms with Crippen LogP contribution in [0.5, 0.6) is 0 Å². The van der Waals surface area contributed by atoms with Gasteiger partial charge in [-0.25, -0.2) is 0 Å². The molecule has 0 aromatic rings. The predicted octanol–water partition coefficient (Wildman–Crippen LogP) is 4.41. The lowest BCUT2D eigenvalue weighted by Crippen LogP contribution is -1.99. The minimum absolute atomic E-state index is 0.169. The van der Waals surface area contributed by atoms with Crippen molar-refractivity contribution in [2.45, 2.75) is 58.3 Å². The first kappa shape index (κ1) is 16.0. The highest BCUT2D eigenvalue weighted by molar-refractivity contribution is 5.65. The van der Waals surface area contributed by atoms with Crippen LogP contribution in [0.2, 0.25) is 0 Å². The molecular weight excluding hydrogens is 212 g/mol. The third kappa shape index (κ3) is 14.9. The summed E-state index contributed by atoms with van der Waals surface area (Å²) in [4.78, 5) is 10.5. The van der Waals surface area contributed by atoms with Gasteiger partial charge in [-0.3, -0.25) is 4.79 Å². The van der Waals surface area contributed by atoms with Crippen molar-refractivity contribution in [1.29, 1.82) is 0 Å². The maximum absolute atomic E-state index is 10.5. The molecule has 0 aliphatic heterocycles. The zero-order chi connectivity index (χ0) is 12.8. The molecule has 17 heavy (non-hydrogen) atoms. The number of carbonyl (C=O) groups is 1. The lowest BCUT2D eigenvalue weighted by Gasteiger charge is -2.02. The maximum Gasteiger partial charge on any atom is 0.302 e. The Balaban J connectivity index is 3.01. The molecule has 0 spiro atoms. The van der Waals surface area contributed by atoms with E-state index in [2.05, 4.69) is 12.7 Å². The SMILES string of the molecule is C=CC=CCCCCCCCCCOC(C)=O. The van der Waals surface area contributed by atoms with Gasteiger partial charge in [-0.1, -0.05) is 56.9 Å². The maximum atomic E-state index is 10.5. The van der Waals surface area contributed by atoms with Crippen LogP contribution in [-0.4, -0.2) is 12.6 Å². The van der Waals surface area contributed by atoms with Gasteiger partial charge in [0.15, 0.2) is 0 Å². The van der Waals surface area contributed by atoms with Crippen molar-refractivity contribution in [2.24, 2.45) is 0 Å². The summed E-state index contributed by atoms with van der Waals surface area (Å²) in [5.41, 5.74) is 0. The van der Waals surface area contributed by atoms with Crippen molar-refractivity contribution in [3.8, 4) is 0 Å². The van der Waals surface area contributed by atoms with Crippen molar-refractivity contribution in [3.63, 3.8) is 0 Å². The largest absolute Gasteiger partial charge is 0.466 e. The Morgan fingerprint density at radius 3 is 2.24 bits per heavy atom. The van der Waals surface area contributed by atoms with E-state index in [0.717, 1.165) is 6.42 Å². The molecule has 0 fully saturated rings. The Kier molecular flexibility index (Phi) is 12.2. The average molecular weight is 238 g/mol. The van der Waals surface area contributed by atoms with Gasteiger partial charge < -0.3 is 4.74 Å². The lowest BCUT2D eigenvalue weighted by molar-refractivity contribution is -0.141. The monoisotopic (exact) mass is 238 g/mol. The topological polar surface area (TPSA) is 26.3 Å². The van der Waals surface area contributed by atoms with E-state index in [1.165, 1.54) is 51.9 Å². The van der Waals surface area contributed by atoms with Gasteiger partial charge in [-0.2, -0.15) is 0 Å². The lowest BCUT2D eigenvalue weighted by atomic mass is 10.1. The Morgan fingerprint density at radius 1 is 1.06 bits per heavy atom. The van der Waals surface area contributed by atoms with Gasteiger partial charge in [0, 0.05) is 6.92 Å². The molecule has 0 radical (unpaired) electrons. The second kappa shape index (κ2) is 13.0. The molecule has 0 aliphatic rings. The Labute approximate surface area is 106 Å². The fraction of sp³-hybridized carbons (Fsp3) is 0.667. The number of esters is 1. The molecule has 0 amide bonds. The number of hydrogen-bond donors (Lipinski definition) is 0. The molecule has 0 aliphatic carbocycles. The van der Waals surface area contributed by atoms with Crippen LogP contribution in [0.3, 0.4) is 0 Å². The van der Waals surface area contributed by atoms with E-state index in [-0.39, 0.29) is 5.97 Å². The highest BCUT2D eigenvalue weighted by Gasteiger charge is 1.94. The van der Waals surface area contributed by atoms with Crippen LogP contribution in [0.1, 0.15) is 58.3 Å². The van der Waals surface area contributed by atoms with Crippen molar-refractivity contribution in [1.82, 2.24) is 0 Å². The fourth-order valence-corrected chi connectivity index (χ4v) is 1.66. The summed E-state index contributed by atoms with van der Waals surface area (Å²) >= 11 is 0. The van der Waals surface area contributed by atoms with Crippen LogP contribution < -0.4 is 0 Å². The van der Waals surface area contributed by atoms with E-state index in [1.54, 1.807) is 0 Å². The molecular formula is C15H26O2. The molecule has 0 atom stereocenters. The third-order valence-electron chi connectivity index (χ3n) is 2.59. The van der Waals surface area contributed by atoms with E-state index >= 15 is 0 Å². The second-order valence-electron chi connectivity index (χ2n) is 4.27. The first-order chi connectivity index (χ1) is 8.27.